The quantitative estimate of drug-likeness (QED) is 0.824. The molecule has 1 aromatic carbocycles. The fourth-order valence-electron chi connectivity index (χ4n) is 2.98. The van der Waals surface area contributed by atoms with E-state index in [1.54, 1.807) is 7.11 Å². The minimum atomic E-state index is -0.817. The Hall–Kier alpha value is -1.06. The van der Waals surface area contributed by atoms with Gasteiger partial charge in [0.25, 0.3) is 0 Å². The third-order valence-corrected chi connectivity index (χ3v) is 3.66. The number of hydrogen-bond acceptors (Lipinski definition) is 3. The SMILES string of the molecule is COc1cc(C)cc(C)c1C1(O)CCC(N)C1. The van der Waals surface area contributed by atoms with Gasteiger partial charge in [-0.2, -0.15) is 0 Å². The van der Waals surface area contributed by atoms with Gasteiger partial charge in [0.15, 0.2) is 0 Å². The highest BCUT2D eigenvalue weighted by atomic mass is 16.5. The molecule has 1 saturated carbocycles. The molecule has 0 spiro atoms. The Morgan fingerprint density at radius 1 is 1.41 bits per heavy atom. The first-order valence-corrected chi connectivity index (χ1v) is 6.10. The highest BCUT2D eigenvalue weighted by Gasteiger charge is 2.40. The highest BCUT2D eigenvalue weighted by Crippen LogP contribution is 2.44. The molecule has 1 fully saturated rings. The van der Waals surface area contributed by atoms with Crippen molar-refractivity contribution in [3.8, 4) is 5.75 Å². The number of ether oxygens (including phenoxy) is 1. The molecule has 0 aliphatic heterocycles. The van der Waals surface area contributed by atoms with Crippen molar-refractivity contribution in [3.05, 3.63) is 28.8 Å². The third-order valence-electron chi connectivity index (χ3n) is 3.66. The smallest absolute Gasteiger partial charge is 0.125 e. The van der Waals surface area contributed by atoms with Crippen molar-refractivity contribution in [2.45, 2.75) is 44.8 Å². The summed E-state index contributed by atoms with van der Waals surface area (Å²) < 4.78 is 5.42. The van der Waals surface area contributed by atoms with Crippen LogP contribution in [0.5, 0.6) is 5.75 Å². The van der Waals surface area contributed by atoms with Crippen molar-refractivity contribution < 1.29 is 9.84 Å². The van der Waals surface area contributed by atoms with Crippen LogP contribution in [0.1, 0.15) is 36.0 Å². The van der Waals surface area contributed by atoms with Crippen molar-refractivity contribution in [1.82, 2.24) is 0 Å². The maximum atomic E-state index is 10.8. The lowest BCUT2D eigenvalue weighted by Crippen LogP contribution is -2.27. The second-order valence-corrected chi connectivity index (χ2v) is 5.19. The first-order chi connectivity index (χ1) is 7.96. The van der Waals surface area contributed by atoms with Gasteiger partial charge in [-0.1, -0.05) is 6.07 Å². The van der Waals surface area contributed by atoms with Crippen LogP contribution >= 0.6 is 0 Å². The molecule has 0 aromatic heterocycles. The summed E-state index contributed by atoms with van der Waals surface area (Å²) in [5, 5.41) is 10.8. The van der Waals surface area contributed by atoms with E-state index in [2.05, 4.69) is 6.07 Å². The summed E-state index contributed by atoms with van der Waals surface area (Å²) in [4.78, 5) is 0. The maximum Gasteiger partial charge on any atom is 0.125 e. The summed E-state index contributed by atoms with van der Waals surface area (Å²) >= 11 is 0. The monoisotopic (exact) mass is 235 g/mol. The Kier molecular flexibility index (Phi) is 3.15. The molecule has 0 saturated heterocycles. The zero-order valence-electron chi connectivity index (χ0n) is 10.8. The number of methoxy groups -OCH3 is 1. The molecule has 2 rings (SSSR count). The van der Waals surface area contributed by atoms with E-state index in [9.17, 15) is 5.11 Å². The van der Waals surface area contributed by atoms with Gasteiger partial charge >= 0.3 is 0 Å². The van der Waals surface area contributed by atoms with Gasteiger partial charge in [0.05, 0.1) is 12.7 Å². The molecular weight excluding hydrogens is 214 g/mol. The lowest BCUT2D eigenvalue weighted by atomic mass is 9.87. The molecule has 0 amide bonds. The van der Waals surface area contributed by atoms with Gasteiger partial charge in [0.2, 0.25) is 0 Å². The van der Waals surface area contributed by atoms with Crippen LogP contribution in [0.25, 0.3) is 0 Å². The van der Waals surface area contributed by atoms with Gasteiger partial charge in [0.1, 0.15) is 5.75 Å². The molecule has 2 unspecified atom stereocenters. The number of rotatable bonds is 2. The van der Waals surface area contributed by atoms with Gasteiger partial charge in [-0.05, 0) is 50.3 Å². The lowest BCUT2D eigenvalue weighted by Gasteiger charge is -2.27. The van der Waals surface area contributed by atoms with E-state index in [0.29, 0.717) is 12.8 Å². The van der Waals surface area contributed by atoms with Crippen molar-refractivity contribution in [2.75, 3.05) is 7.11 Å². The fourth-order valence-corrected chi connectivity index (χ4v) is 2.98. The van der Waals surface area contributed by atoms with Crippen LogP contribution in [0, 0.1) is 13.8 Å². The molecule has 0 radical (unpaired) electrons. The zero-order chi connectivity index (χ0) is 12.6. The third kappa shape index (κ3) is 2.17. The summed E-state index contributed by atoms with van der Waals surface area (Å²) in [5.74, 6) is 0.777. The summed E-state index contributed by atoms with van der Waals surface area (Å²) in [6.45, 7) is 4.05. The minimum Gasteiger partial charge on any atom is -0.496 e. The van der Waals surface area contributed by atoms with E-state index in [-0.39, 0.29) is 6.04 Å². The van der Waals surface area contributed by atoms with E-state index in [1.165, 1.54) is 0 Å². The first kappa shape index (κ1) is 12.4. The molecule has 3 N–H and O–H groups in total. The van der Waals surface area contributed by atoms with Crippen LogP contribution in [0.4, 0.5) is 0 Å². The Bertz CT molecular complexity index is 430. The predicted molar refractivity (Wildman–Crippen MR) is 68.2 cm³/mol. The molecule has 94 valence electrons. The van der Waals surface area contributed by atoms with Crippen LogP contribution in [0.3, 0.4) is 0 Å². The normalized spacial score (nSPS) is 28.4. The minimum absolute atomic E-state index is 0.0883. The largest absolute Gasteiger partial charge is 0.496 e. The number of aliphatic hydroxyl groups is 1. The van der Waals surface area contributed by atoms with E-state index >= 15 is 0 Å². The van der Waals surface area contributed by atoms with Crippen molar-refractivity contribution >= 4 is 0 Å². The Morgan fingerprint density at radius 2 is 2.12 bits per heavy atom. The Morgan fingerprint density at radius 3 is 2.65 bits per heavy atom. The van der Waals surface area contributed by atoms with Crippen LogP contribution in [0.2, 0.25) is 0 Å². The summed E-state index contributed by atoms with van der Waals surface area (Å²) in [7, 11) is 1.65. The molecular formula is C14H21NO2. The number of aryl methyl sites for hydroxylation is 2. The average Bonchev–Trinajstić information content (AvgIpc) is 2.57. The predicted octanol–water partition coefficient (Wildman–Crippen LogP) is 2.01. The second-order valence-electron chi connectivity index (χ2n) is 5.19. The van der Waals surface area contributed by atoms with E-state index in [0.717, 1.165) is 28.9 Å². The molecule has 0 bridgehead atoms. The van der Waals surface area contributed by atoms with Crippen LogP contribution in [-0.2, 0) is 5.60 Å². The van der Waals surface area contributed by atoms with Crippen LogP contribution in [-0.4, -0.2) is 18.3 Å². The van der Waals surface area contributed by atoms with Crippen molar-refractivity contribution in [2.24, 2.45) is 5.73 Å². The van der Waals surface area contributed by atoms with Crippen molar-refractivity contribution in [3.63, 3.8) is 0 Å². The van der Waals surface area contributed by atoms with Gasteiger partial charge in [-0.25, -0.2) is 0 Å². The van der Waals surface area contributed by atoms with E-state index < -0.39 is 5.60 Å². The average molecular weight is 235 g/mol. The number of nitrogens with two attached hydrogens (primary N) is 1. The van der Waals surface area contributed by atoms with E-state index in [1.807, 2.05) is 19.9 Å². The van der Waals surface area contributed by atoms with Gasteiger partial charge in [-0.15, -0.1) is 0 Å². The second kappa shape index (κ2) is 4.31. The number of benzene rings is 1. The highest BCUT2D eigenvalue weighted by molar-refractivity contribution is 5.47. The standard InChI is InChI=1S/C14H21NO2/c1-9-6-10(2)13(12(7-9)17-3)14(16)5-4-11(15)8-14/h6-7,11,16H,4-5,8,15H2,1-3H3. The van der Waals surface area contributed by atoms with E-state index in [4.69, 9.17) is 10.5 Å². The molecule has 1 aliphatic rings. The topological polar surface area (TPSA) is 55.5 Å². The van der Waals surface area contributed by atoms with Crippen LogP contribution < -0.4 is 10.5 Å². The Balaban J connectivity index is 2.51. The zero-order valence-corrected chi connectivity index (χ0v) is 10.8. The summed E-state index contributed by atoms with van der Waals surface area (Å²) in [5.41, 5.74) is 8.25. The summed E-state index contributed by atoms with van der Waals surface area (Å²) in [6, 6.07) is 4.15. The van der Waals surface area contributed by atoms with Gasteiger partial charge < -0.3 is 15.6 Å². The molecule has 2 atom stereocenters. The van der Waals surface area contributed by atoms with Crippen molar-refractivity contribution in [1.29, 1.82) is 0 Å². The molecule has 17 heavy (non-hydrogen) atoms. The lowest BCUT2D eigenvalue weighted by molar-refractivity contribution is 0.0399. The first-order valence-electron chi connectivity index (χ1n) is 6.10. The molecule has 3 nitrogen and oxygen atoms in total. The maximum absolute atomic E-state index is 10.8. The van der Waals surface area contributed by atoms with Gasteiger partial charge in [-0.3, -0.25) is 0 Å². The fraction of sp³-hybridized carbons (Fsp3) is 0.571. The Labute approximate surface area is 103 Å². The molecule has 3 heteroatoms. The molecule has 1 aliphatic carbocycles. The van der Waals surface area contributed by atoms with Crippen LogP contribution in [0.15, 0.2) is 12.1 Å². The molecule has 0 heterocycles. The summed E-state index contributed by atoms with van der Waals surface area (Å²) in [6.07, 6.45) is 2.20. The number of hydrogen-bond donors (Lipinski definition) is 2. The van der Waals surface area contributed by atoms with Gasteiger partial charge in [0, 0.05) is 11.6 Å². The molecule has 1 aromatic rings.